The van der Waals surface area contributed by atoms with Gasteiger partial charge in [0, 0.05) is 23.1 Å². The van der Waals surface area contributed by atoms with Gasteiger partial charge in [-0.3, -0.25) is 4.79 Å². The summed E-state index contributed by atoms with van der Waals surface area (Å²) in [4.78, 5) is 15.1. The molecule has 106 valence electrons. The summed E-state index contributed by atoms with van der Waals surface area (Å²) >= 11 is 0. The van der Waals surface area contributed by atoms with E-state index in [4.69, 9.17) is 0 Å². The Morgan fingerprint density at radius 2 is 2.10 bits per heavy atom. The molecule has 20 heavy (non-hydrogen) atoms. The molecule has 0 unspecified atom stereocenters. The third kappa shape index (κ3) is 2.69. The Kier molecular flexibility index (Phi) is 3.72. The molecule has 0 bridgehead atoms. The van der Waals surface area contributed by atoms with Crippen LogP contribution >= 0.6 is 0 Å². The van der Waals surface area contributed by atoms with Gasteiger partial charge in [-0.1, -0.05) is 25.3 Å². The van der Waals surface area contributed by atoms with Crippen LogP contribution in [-0.2, 0) is 11.2 Å². The molecule has 0 saturated heterocycles. The number of aromatic amines is 1. The van der Waals surface area contributed by atoms with E-state index in [1.165, 1.54) is 25.3 Å². The van der Waals surface area contributed by atoms with E-state index >= 15 is 0 Å². The van der Waals surface area contributed by atoms with Crippen molar-refractivity contribution in [3.8, 4) is 0 Å². The van der Waals surface area contributed by atoms with Crippen molar-refractivity contribution in [2.24, 2.45) is 0 Å². The van der Waals surface area contributed by atoms with Gasteiger partial charge < -0.3 is 10.3 Å². The first-order chi connectivity index (χ1) is 9.74. The minimum atomic E-state index is -0.274. The zero-order valence-corrected chi connectivity index (χ0v) is 11.4. The fraction of sp³-hybridized carbons (Fsp3) is 0.438. The van der Waals surface area contributed by atoms with Gasteiger partial charge in [0.2, 0.25) is 5.91 Å². The van der Waals surface area contributed by atoms with Crippen LogP contribution in [-0.4, -0.2) is 16.9 Å². The first-order valence-corrected chi connectivity index (χ1v) is 7.28. The number of H-pyrrole nitrogens is 1. The molecular weight excluding hydrogens is 255 g/mol. The molecule has 3 nitrogen and oxygen atoms in total. The summed E-state index contributed by atoms with van der Waals surface area (Å²) in [6.45, 7) is 0. The molecular formula is C16H19FN2O. The fourth-order valence-corrected chi connectivity index (χ4v) is 3.05. The van der Waals surface area contributed by atoms with Crippen LogP contribution in [0.25, 0.3) is 10.9 Å². The van der Waals surface area contributed by atoms with Gasteiger partial charge in [-0.2, -0.15) is 0 Å². The number of halogens is 1. The number of carbonyl (C=O) groups excluding carboxylic acids is 1. The normalized spacial score (nSPS) is 16.4. The van der Waals surface area contributed by atoms with Gasteiger partial charge in [-0.05, 0) is 30.5 Å². The Labute approximate surface area is 117 Å². The minimum absolute atomic E-state index is 0.0129. The van der Waals surface area contributed by atoms with E-state index in [0.29, 0.717) is 11.4 Å². The highest BCUT2D eigenvalue weighted by Gasteiger charge is 2.17. The highest BCUT2D eigenvalue weighted by atomic mass is 19.1. The Morgan fingerprint density at radius 3 is 2.90 bits per heavy atom. The molecule has 3 rings (SSSR count). The maximum absolute atomic E-state index is 13.8. The molecule has 1 aliphatic rings. The van der Waals surface area contributed by atoms with E-state index in [1.54, 1.807) is 12.3 Å². The molecule has 1 saturated carbocycles. The second-order valence-corrected chi connectivity index (χ2v) is 5.56. The molecule has 1 aromatic carbocycles. The summed E-state index contributed by atoms with van der Waals surface area (Å²) in [5, 5.41) is 3.60. The summed E-state index contributed by atoms with van der Waals surface area (Å²) in [6.07, 6.45) is 7.73. The molecule has 0 aliphatic heterocycles. The zero-order chi connectivity index (χ0) is 13.9. The number of benzene rings is 1. The van der Waals surface area contributed by atoms with Gasteiger partial charge in [0.1, 0.15) is 5.82 Å². The predicted molar refractivity (Wildman–Crippen MR) is 77.0 cm³/mol. The summed E-state index contributed by atoms with van der Waals surface area (Å²) in [5.74, 6) is -0.287. The van der Waals surface area contributed by atoms with E-state index in [0.717, 1.165) is 23.9 Å². The average Bonchev–Trinajstić information content (AvgIpc) is 2.84. The summed E-state index contributed by atoms with van der Waals surface area (Å²) in [7, 11) is 0. The second-order valence-electron chi connectivity index (χ2n) is 5.56. The van der Waals surface area contributed by atoms with E-state index < -0.39 is 0 Å². The molecule has 2 N–H and O–H groups in total. The summed E-state index contributed by atoms with van der Waals surface area (Å²) in [6, 6.07) is 5.21. The van der Waals surface area contributed by atoms with E-state index in [2.05, 4.69) is 10.3 Å². The summed E-state index contributed by atoms with van der Waals surface area (Å²) in [5.41, 5.74) is 1.47. The lowest BCUT2D eigenvalue weighted by Gasteiger charge is -2.22. The first kappa shape index (κ1) is 13.2. The van der Waals surface area contributed by atoms with Crippen molar-refractivity contribution in [2.75, 3.05) is 0 Å². The first-order valence-electron chi connectivity index (χ1n) is 7.28. The third-order valence-corrected chi connectivity index (χ3v) is 4.06. The van der Waals surface area contributed by atoms with E-state index in [1.807, 2.05) is 6.07 Å². The zero-order valence-electron chi connectivity index (χ0n) is 11.4. The van der Waals surface area contributed by atoms with Gasteiger partial charge in [-0.25, -0.2) is 4.39 Å². The highest BCUT2D eigenvalue weighted by molar-refractivity contribution is 5.89. The van der Waals surface area contributed by atoms with E-state index in [9.17, 15) is 9.18 Å². The number of nitrogens with one attached hydrogen (secondary N) is 2. The molecule has 1 heterocycles. The Hall–Kier alpha value is -1.84. The van der Waals surface area contributed by atoms with Gasteiger partial charge in [0.15, 0.2) is 0 Å². The number of carbonyl (C=O) groups is 1. The molecule has 0 spiro atoms. The molecule has 1 amide bonds. The van der Waals surface area contributed by atoms with Crippen LogP contribution < -0.4 is 5.32 Å². The quantitative estimate of drug-likeness (QED) is 0.886. The van der Waals surface area contributed by atoms with E-state index in [-0.39, 0.29) is 18.1 Å². The van der Waals surface area contributed by atoms with Gasteiger partial charge in [-0.15, -0.1) is 0 Å². The van der Waals surface area contributed by atoms with Gasteiger partial charge in [0.05, 0.1) is 6.42 Å². The van der Waals surface area contributed by atoms with Crippen LogP contribution in [0, 0.1) is 5.82 Å². The van der Waals surface area contributed by atoms with Crippen LogP contribution in [0.5, 0.6) is 0 Å². The van der Waals surface area contributed by atoms with Crippen molar-refractivity contribution >= 4 is 16.8 Å². The van der Waals surface area contributed by atoms with Gasteiger partial charge in [0.25, 0.3) is 0 Å². The van der Waals surface area contributed by atoms with Crippen LogP contribution in [0.1, 0.15) is 37.7 Å². The molecule has 1 fully saturated rings. The Balaban J connectivity index is 1.71. The molecule has 0 radical (unpaired) electrons. The lowest BCUT2D eigenvalue weighted by atomic mass is 9.95. The third-order valence-electron chi connectivity index (χ3n) is 4.06. The van der Waals surface area contributed by atoms with Crippen molar-refractivity contribution in [1.82, 2.24) is 10.3 Å². The minimum Gasteiger partial charge on any atom is -0.361 e. The van der Waals surface area contributed by atoms with Crippen molar-refractivity contribution in [2.45, 2.75) is 44.6 Å². The molecule has 1 aromatic heterocycles. The number of amides is 1. The van der Waals surface area contributed by atoms with Crippen LogP contribution in [0.3, 0.4) is 0 Å². The lowest BCUT2D eigenvalue weighted by molar-refractivity contribution is -0.121. The smallest absolute Gasteiger partial charge is 0.224 e. The average molecular weight is 274 g/mol. The SMILES string of the molecule is O=C(Cc1c[nH]c2cccc(F)c12)NC1CCCCC1. The van der Waals surface area contributed by atoms with Crippen molar-refractivity contribution in [1.29, 1.82) is 0 Å². The second kappa shape index (κ2) is 5.65. The molecule has 0 atom stereocenters. The van der Waals surface area contributed by atoms with Crippen LogP contribution in [0.2, 0.25) is 0 Å². The Bertz CT molecular complexity index is 614. The maximum atomic E-state index is 13.8. The highest BCUT2D eigenvalue weighted by Crippen LogP contribution is 2.22. The standard InChI is InChI=1S/C16H19FN2O/c17-13-7-4-8-14-16(13)11(10-18-14)9-15(20)19-12-5-2-1-3-6-12/h4,7-8,10,12,18H,1-3,5-6,9H2,(H,19,20). The largest absolute Gasteiger partial charge is 0.361 e. The number of rotatable bonds is 3. The monoisotopic (exact) mass is 274 g/mol. The van der Waals surface area contributed by atoms with Crippen molar-refractivity contribution < 1.29 is 9.18 Å². The predicted octanol–water partition coefficient (Wildman–Crippen LogP) is 3.30. The fourth-order valence-electron chi connectivity index (χ4n) is 3.05. The lowest BCUT2D eigenvalue weighted by Crippen LogP contribution is -2.37. The summed E-state index contributed by atoms with van der Waals surface area (Å²) < 4.78 is 13.8. The maximum Gasteiger partial charge on any atom is 0.224 e. The van der Waals surface area contributed by atoms with Gasteiger partial charge >= 0.3 is 0 Å². The number of hydrogen-bond donors (Lipinski definition) is 2. The van der Waals surface area contributed by atoms with Crippen molar-refractivity contribution in [3.05, 3.63) is 35.8 Å². The van der Waals surface area contributed by atoms with Crippen molar-refractivity contribution in [3.63, 3.8) is 0 Å². The topological polar surface area (TPSA) is 44.9 Å². The number of hydrogen-bond acceptors (Lipinski definition) is 1. The van der Waals surface area contributed by atoms with Crippen LogP contribution in [0.4, 0.5) is 4.39 Å². The number of aromatic nitrogens is 1. The molecule has 1 aliphatic carbocycles. The van der Waals surface area contributed by atoms with Crippen LogP contribution in [0.15, 0.2) is 24.4 Å². The molecule has 4 heteroatoms. The molecule has 2 aromatic rings. The Morgan fingerprint density at radius 1 is 1.30 bits per heavy atom. The number of fused-ring (bicyclic) bond motifs is 1.